The van der Waals surface area contributed by atoms with E-state index in [1.165, 1.54) is 0 Å². The van der Waals surface area contributed by atoms with Crippen LogP contribution in [0.4, 0.5) is 0 Å². The number of methoxy groups -OCH3 is 1. The normalized spacial score (nSPS) is 10.4. The molecule has 0 atom stereocenters. The summed E-state index contributed by atoms with van der Waals surface area (Å²) in [5.41, 5.74) is 1.94. The summed E-state index contributed by atoms with van der Waals surface area (Å²) in [4.78, 5) is 0. The Balaban J connectivity index is 2.76. The van der Waals surface area contributed by atoms with Crippen LogP contribution in [0.3, 0.4) is 0 Å². The molecule has 0 radical (unpaired) electrons. The fraction of sp³-hybridized carbons (Fsp3) is 0.400. The second kappa shape index (κ2) is 5.22. The van der Waals surface area contributed by atoms with Crippen molar-refractivity contribution < 1.29 is 9.84 Å². The first-order chi connectivity index (χ1) is 6.26. The first kappa shape index (κ1) is 10.5. The van der Waals surface area contributed by atoms with E-state index in [2.05, 4.69) is 0 Å². The molecule has 1 aromatic carbocycles. The van der Waals surface area contributed by atoms with Crippen LogP contribution in [0.15, 0.2) is 18.2 Å². The number of hydrogen-bond donors (Lipinski definition) is 1. The number of hydrogen-bond acceptors (Lipinski definition) is 2. The number of aliphatic hydroxyl groups is 1. The molecule has 0 amide bonds. The molecule has 2 nitrogen and oxygen atoms in total. The second-order valence-corrected chi connectivity index (χ2v) is 3.31. The van der Waals surface area contributed by atoms with Gasteiger partial charge in [0.2, 0.25) is 0 Å². The average Bonchev–Trinajstić information content (AvgIpc) is 2.14. The van der Waals surface area contributed by atoms with Crippen molar-refractivity contribution in [1.82, 2.24) is 0 Å². The molecule has 0 aliphatic carbocycles. The fourth-order valence-corrected chi connectivity index (χ4v) is 1.45. The van der Waals surface area contributed by atoms with Crippen molar-refractivity contribution in [2.45, 2.75) is 13.0 Å². The number of benzene rings is 1. The van der Waals surface area contributed by atoms with Crippen LogP contribution in [0, 0.1) is 0 Å². The third kappa shape index (κ3) is 3.35. The average molecular weight is 201 g/mol. The fourth-order valence-electron chi connectivity index (χ4n) is 1.17. The van der Waals surface area contributed by atoms with Gasteiger partial charge in [0.25, 0.3) is 0 Å². The topological polar surface area (TPSA) is 29.5 Å². The first-order valence-corrected chi connectivity index (χ1v) is 4.52. The molecule has 0 saturated carbocycles. The molecule has 13 heavy (non-hydrogen) atoms. The molecule has 0 bridgehead atoms. The van der Waals surface area contributed by atoms with Gasteiger partial charge >= 0.3 is 0 Å². The lowest BCUT2D eigenvalue weighted by atomic mass is 10.1. The Hall–Kier alpha value is -0.570. The monoisotopic (exact) mass is 200 g/mol. The summed E-state index contributed by atoms with van der Waals surface area (Å²) in [6.45, 7) is 0.700. The van der Waals surface area contributed by atoms with Gasteiger partial charge in [0, 0.05) is 12.1 Å². The Morgan fingerprint density at radius 2 is 2.00 bits per heavy atom. The zero-order valence-corrected chi connectivity index (χ0v) is 8.34. The van der Waals surface area contributed by atoms with Gasteiger partial charge in [-0.25, -0.2) is 0 Å². The standard InChI is InChI=1S/C10H13ClO2/c1-13-3-2-8-4-9(7-12)6-10(11)5-8/h4-6,12H,2-3,7H2,1H3. The quantitative estimate of drug-likeness (QED) is 0.806. The van der Waals surface area contributed by atoms with E-state index >= 15 is 0 Å². The Labute approximate surface area is 83.1 Å². The minimum Gasteiger partial charge on any atom is -0.392 e. The number of rotatable bonds is 4. The molecule has 0 aromatic heterocycles. The van der Waals surface area contributed by atoms with E-state index in [0.717, 1.165) is 17.5 Å². The maximum absolute atomic E-state index is 8.92. The van der Waals surface area contributed by atoms with Crippen LogP contribution in [-0.4, -0.2) is 18.8 Å². The van der Waals surface area contributed by atoms with Gasteiger partial charge in [-0.2, -0.15) is 0 Å². The molecule has 1 N–H and O–H groups in total. The van der Waals surface area contributed by atoms with Crippen molar-refractivity contribution in [2.75, 3.05) is 13.7 Å². The molecule has 1 rings (SSSR count). The Morgan fingerprint density at radius 1 is 1.31 bits per heavy atom. The van der Waals surface area contributed by atoms with E-state index < -0.39 is 0 Å². The molecular weight excluding hydrogens is 188 g/mol. The maximum Gasteiger partial charge on any atom is 0.0682 e. The van der Waals surface area contributed by atoms with Gasteiger partial charge in [0.1, 0.15) is 0 Å². The highest BCUT2D eigenvalue weighted by atomic mass is 35.5. The Morgan fingerprint density at radius 3 is 2.62 bits per heavy atom. The summed E-state index contributed by atoms with van der Waals surface area (Å²) < 4.78 is 4.95. The molecular formula is C10H13ClO2. The Bertz CT molecular complexity index is 274. The van der Waals surface area contributed by atoms with Crippen molar-refractivity contribution in [3.63, 3.8) is 0 Å². The summed E-state index contributed by atoms with van der Waals surface area (Å²) in [6, 6.07) is 5.59. The molecule has 0 spiro atoms. The molecule has 0 aliphatic rings. The predicted octanol–water partition coefficient (Wildman–Crippen LogP) is 2.02. The highest BCUT2D eigenvalue weighted by Crippen LogP contribution is 2.15. The zero-order valence-electron chi connectivity index (χ0n) is 7.59. The van der Waals surface area contributed by atoms with Crippen molar-refractivity contribution in [2.24, 2.45) is 0 Å². The lowest BCUT2D eigenvalue weighted by Crippen LogP contribution is -1.95. The highest BCUT2D eigenvalue weighted by Gasteiger charge is 1.98. The summed E-state index contributed by atoms with van der Waals surface area (Å²) in [5.74, 6) is 0. The van der Waals surface area contributed by atoms with Crippen LogP contribution in [0.2, 0.25) is 5.02 Å². The van der Waals surface area contributed by atoms with Gasteiger partial charge in [-0.05, 0) is 29.7 Å². The minimum atomic E-state index is 0.0283. The van der Waals surface area contributed by atoms with Crippen molar-refractivity contribution >= 4 is 11.6 Å². The lowest BCUT2D eigenvalue weighted by molar-refractivity contribution is 0.202. The van der Waals surface area contributed by atoms with Crippen LogP contribution in [-0.2, 0) is 17.8 Å². The lowest BCUT2D eigenvalue weighted by Gasteiger charge is -2.04. The summed E-state index contributed by atoms with van der Waals surface area (Å²) in [5, 5.41) is 9.59. The van der Waals surface area contributed by atoms with Crippen LogP contribution in [0.1, 0.15) is 11.1 Å². The largest absolute Gasteiger partial charge is 0.392 e. The van der Waals surface area contributed by atoms with Gasteiger partial charge < -0.3 is 9.84 Å². The Kier molecular flexibility index (Phi) is 4.22. The van der Waals surface area contributed by atoms with Crippen LogP contribution in [0.5, 0.6) is 0 Å². The SMILES string of the molecule is COCCc1cc(Cl)cc(CO)c1. The minimum absolute atomic E-state index is 0.0283. The van der Waals surface area contributed by atoms with Crippen molar-refractivity contribution in [3.8, 4) is 0 Å². The summed E-state index contributed by atoms with van der Waals surface area (Å²) in [7, 11) is 1.66. The summed E-state index contributed by atoms with van der Waals surface area (Å²) in [6.07, 6.45) is 0.823. The second-order valence-electron chi connectivity index (χ2n) is 2.87. The van der Waals surface area contributed by atoms with Gasteiger partial charge in [0.05, 0.1) is 13.2 Å². The van der Waals surface area contributed by atoms with Crippen LogP contribution >= 0.6 is 11.6 Å². The van der Waals surface area contributed by atoms with Gasteiger partial charge in [-0.15, -0.1) is 0 Å². The molecule has 0 saturated heterocycles. The van der Waals surface area contributed by atoms with Crippen LogP contribution in [0.25, 0.3) is 0 Å². The van der Waals surface area contributed by atoms with E-state index in [0.29, 0.717) is 11.6 Å². The molecule has 0 aliphatic heterocycles. The number of ether oxygens (including phenoxy) is 1. The highest BCUT2D eigenvalue weighted by molar-refractivity contribution is 6.30. The molecule has 72 valence electrons. The van der Waals surface area contributed by atoms with E-state index in [1.54, 1.807) is 13.2 Å². The molecule has 1 aromatic rings. The van der Waals surface area contributed by atoms with E-state index in [9.17, 15) is 0 Å². The summed E-state index contributed by atoms with van der Waals surface area (Å²) >= 11 is 5.86. The van der Waals surface area contributed by atoms with Crippen molar-refractivity contribution in [1.29, 1.82) is 0 Å². The first-order valence-electron chi connectivity index (χ1n) is 4.14. The van der Waals surface area contributed by atoms with E-state index in [1.807, 2.05) is 12.1 Å². The van der Waals surface area contributed by atoms with E-state index in [-0.39, 0.29) is 6.61 Å². The maximum atomic E-state index is 8.92. The number of halogens is 1. The smallest absolute Gasteiger partial charge is 0.0682 e. The van der Waals surface area contributed by atoms with Gasteiger partial charge in [0.15, 0.2) is 0 Å². The van der Waals surface area contributed by atoms with Gasteiger partial charge in [-0.1, -0.05) is 17.7 Å². The molecule has 0 heterocycles. The third-order valence-corrected chi connectivity index (χ3v) is 2.01. The zero-order chi connectivity index (χ0) is 9.68. The van der Waals surface area contributed by atoms with Crippen molar-refractivity contribution in [3.05, 3.63) is 34.3 Å². The molecule has 0 fully saturated rings. The number of aliphatic hydroxyl groups excluding tert-OH is 1. The van der Waals surface area contributed by atoms with Crippen LogP contribution < -0.4 is 0 Å². The van der Waals surface area contributed by atoms with E-state index in [4.69, 9.17) is 21.4 Å². The molecule has 0 unspecified atom stereocenters. The third-order valence-electron chi connectivity index (χ3n) is 1.79. The predicted molar refractivity (Wildman–Crippen MR) is 53.0 cm³/mol. The molecule has 3 heteroatoms. The van der Waals surface area contributed by atoms with Gasteiger partial charge in [-0.3, -0.25) is 0 Å².